The first-order valence-corrected chi connectivity index (χ1v) is 9.06. The number of anilines is 1. The maximum absolute atomic E-state index is 12.6. The molecular weight excluding hydrogens is 312 g/mol. The Morgan fingerprint density at radius 3 is 3.08 bits per heavy atom. The highest BCUT2D eigenvalue weighted by Crippen LogP contribution is 2.25. The van der Waals surface area contributed by atoms with Gasteiger partial charge >= 0.3 is 0 Å². The van der Waals surface area contributed by atoms with Gasteiger partial charge in [-0.1, -0.05) is 12.1 Å². The van der Waals surface area contributed by atoms with Crippen LogP contribution in [-0.2, 0) is 17.6 Å². The molecule has 2 N–H and O–H groups in total. The van der Waals surface area contributed by atoms with E-state index in [0.29, 0.717) is 6.54 Å². The minimum absolute atomic E-state index is 0.0498. The van der Waals surface area contributed by atoms with Crippen LogP contribution in [0.25, 0.3) is 0 Å². The van der Waals surface area contributed by atoms with Crippen LogP contribution < -0.4 is 10.6 Å². The molecule has 2 aromatic rings. The fourth-order valence-corrected chi connectivity index (χ4v) is 3.87. The average Bonchev–Trinajstić information content (AvgIpc) is 3.10. The van der Waals surface area contributed by atoms with E-state index in [1.807, 2.05) is 18.3 Å². The van der Waals surface area contributed by atoms with Gasteiger partial charge in [0.05, 0.1) is 6.54 Å². The molecule has 1 aliphatic heterocycles. The molecule has 2 aliphatic rings. The summed E-state index contributed by atoms with van der Waals surface area (Å²) in [5, 5.41) is 6.49. The van der Waals surface area contributed by atoms with Gasteiger partial charge < -0.3 is 10.6 Å². The van der Waals surface area contributed by atoms with E-state index in [2.05, 4.69) is 38.7 Å². The Bertz CT molecular complexity index is 747. The van der Waals surface area contributed by atoms with E-state index >= 15 is 0 Å². The number of nitrogens with zero attached hydrogens (tertiary/aromatic N) is 2. The van der Waals surface area contributed by atoms with Crippen molar-refractivity contribution in [1.29, 1.82) is 0 Å². The van der Waals surface area contributed by atoms with Crippen LogP contribution in [0.4, 0.5) is 5.69 Å². The van der Waals surface area contributed by atoms with Crippen LogP contribution in [0.2, 0.25) is 0 Å². The summed E-state index contributed by atoms with van der Waals surface area (Å²) in [7, 11) is 0. The number of rotatable bonds is 4. The first kappa shape index (κ1) is 16.2. The maximum Gasteiger partial charge on any atom is 0.238 e. The van der Waals surface area contributed by atoms with Crippen molar-refractivity contribution >= 4 is 11.6 Å². The summed E-state index contributed by atoms with van der Waals surface area (Å²) in [5.41, 5.74) is 4.88. The smallest absolute Gasteiger partial charge is 0.238 e. The number of aromatic nitrogens is 1. The Morgan fingerprint density at radius 2 is 2.20 bits per heavy atom. The molecule has 0 bridgehead atoms. The number of benzene rings is 1. The molecule has 1 amide bonds. The van der Waals surface area contributed by atoms with Crippen molar-refractivity contribution in [2.24, 2.45) is 0 Å². The quantitative estimate of drug-likeness (QED) is 0.898. The van der Waals surface area contributed by atoms with Gasteiger partial charge in [-0.05, 0) is 54.2 Å². The molecule has 4 rings (SSSR count). The van der Waals surface area contributed by atoms with E-state index in [9.17, 15) is 4.79 Å². The van der Waals surface area contributed by atoms with Gasteiger partial charge in [-0.3, -0.25) is 14.7 Å². The summed E-state index contributed by atoms with van der Waals surface area (Å²) in [5.74, 6) is 0.0498. The largest absolute Gasteiger partial charge is 0.325 e. The monoisotopic (exact) mass is 336 g/mol. The first-order valence-electron chi connectivity index (χ1n) is 9.06. The minimum atomic E-state index is 0.0498. The second kappa shape index (κ2) is 7.33. The van der Waals surface area contributed by atoms with Gasteiger partial charge in [0.15, 0.2) is 0 Å². The van der Waals surface area contributed by atoms with Gasteiger partial charge in [0.1, 0.15) is 0 Å². The molecule has 5 heteroatoms. The predicted octanol–water partition coefficient (Wildman–Crippen LogP) is 2.16. The third-order valence-electron chi connectivity index (χ3n) is 5.15. The normalized spacial score (nSPS) is 20.2. The molecule has 0 radical (unpaired) electrons. The molecule has 130 valence electrons. The van der Waals surface area contributed by atoms with Crippen molar-refractivity contribution in [3.8, 4) is 0 Å². The Hall–Kier alpha value is -2.24. The highest BCUT2D eigenvalue weighted by molar-refractivity contribution is 5.92. The molecule has 1 aliphatic carbocycles. The first-order chi connectivity index (χ1) is 12.3. The summed E-state index contributed by atoms with van der Waals surface area (Å²) in [4.78, 5) is 19.0. The van der Waals surface area contributed by atoms with Crippen molar-refractivity contribution in [1.82, 2.24) is 15.2 Å². The van der Waals surface area contributed by atoms with Crippen molar-refractivity contribution in [3.63, 3.8) is 0 Å². The number of aryl methyl sites for hydroxylation is 2. The zero-order valence-corrected chi connectivity index (χ0v) is 14.4. The van der Waals surface area contributed by atoms with Crippen molar-refractivity contribution in [3.05, 3.63) is 59.4 Å². The Kier molecular flexibility index (Phi) is 4.76. The van der Waals surface area contributed by atoms with E-state index in [4.69, 9.17) is 0 Å². The summed E-state index contributed by atoms with van der Waals surface area (Å²) in [6.45, 7) is 3.01. The van der Waals surface area contributed by atoms with Gasteiger partial charge in [0.2, 0.25) is 5.91 Å². The van der Waals surface area contributed by atoms with Gasteiger partial charge in [0.25, 0.3) is 0 Å². The summed E-state index contributed by atoms with van der Waals surface area (Å²) in [6, 6.07) is 10.5. The third-order valence-corrected chi connectivity index (χ3v) is 5.15. The molecular formula is C20H24N4O. The average molecular weight is 336 g/mol. The molecule has 0 spiro atoms. The number of nitrogens with one attached hydrogen (secondary N) is 2. The third kappa shape index (κ3) is 3.72. The number of carbonyl (C=O) groups excluding carboxylic acids is 1. The van der Waals surface area contributed by atoms with Crippen molar-refractivity contribution in [2.45, 2.75) is 25.3 Å². The molecule has 25 heavy (non-hydrogen) atoms. The van der Waals surface area contributed by atoms with Crippen LogP contribution in [0.15, 0.2) is 42.7 Å². The molecule has 1 aromatic carbocycles. The number of hydrogen-bond acceptors (Lipinski definition) is 4. The van der Waals surface area contributed by atoms with Crippen LogP contribution in [0.3, 0.4) is 0 Å². The Labute approximate surface area is 148 Å². The Morgan fingerprint density at radius 1 is 1.28 bits per heavy atom. The SMILES string of the molecule is O=C(CN1CCNCC1c1cccnc1)Nc1ccc2c(c1)CCC2. The van der Waals surface area contributed by atoms with Crippen LogP contribution in [0.5, 0.6) is 0 Å². The topological polar surface area (TPSA) is 57.3 Å². The predicted molar refractivity (Wildman–Crippen MR) is 98.5 cm³/mol. The number of hydrogen-bond donors (Lipinski definition) is 2. The lowest BCUT2D eigenvalue weighted by atomic mass is 10.1. The molecule has 2 heterocycles. The zero-order valence-electron chi connectivity index (χ0n) is 14.4. The summed E-state index contributed by atoms with van der Waals surface area (Å²) >= 11 is 0. The van der Waals surface area contributed by atoms with E-state index in [1.165, 1.54) is 17.5 Å². The van der Waals surface area contributed by atoms with Gasteiger partial charge in [0, 0.05) is 43.8 Å². The number of pyridine rings is 1. The fraction of sp³-hybridized carbons (Fsp3) is 0.400. The Balaban J connectivity index is 1.42. The molecule has 1 saturated heterocycles. The molecule has 1 unspecified atom stereocenters. The maximum atomic E-state index is 12.6. The molecule has 5 nitrogen and oxygen atoms in total. The number of carbonyl (C=O) groups is 1. The number of piperazine rings is 1. The summed E-state index contributed by atoms with van der Waals surface area (Å²) < 4.78 is 0. The van der Waals surface area contributed by atoms with Crippen LogP contribution in [0.1, 0.15) is 29.2 Å². The lowest BCUT2D eigenvalue weighted by Gasteiger charge is -2.35. The van der Waals surface area contributed by atoms with E-state index in [0.717, 1.165) is 43.7 Å². The van der Waals surface area contributed by atoms with Crippen molar-refractivity contribution in [2.75, 3.05) is 31.5 Å². The summed E-state index contributed by atoms with van der Waals surface area (Å²) in [6.07, 6.45) is 7.19. The minimum Gasteiger partial charge on any atom is -0.325 e. The fourth-order valence-electron chi connectivity index (χ4n) is 3.87. The lowest BCUT2D eigenvalue weighted by Crippen LogP contribution is -2.48. The van der Waals surface area contributed by atoms with Crippen molar-refractivity contribution < 1.29 is 4.79 Å². The van der Waals surface area contributed by atoms with Crippen LogP contribution in [-0.4, -0.2) is 42.0 Å². The second-order valence-electron chi connectivity index (χ2n) is 6.86. The van der Waals surface area contributed by atoms with E-state index in [-0.39, 0.29) is 11.9 Å². The van der Waals surface area contributed by atoms with Crippen LogP contribution in [0, 0.1) is 0 Å². The zero-order chi connectivity index (χ0) is 17.1. The van der Waals surface area contributed by atoms with Gasteiger partial charge in [-0.25, -0.2) is 0 Å². The van der Waals surface area contributed by atoms with Gasteiger partial charge in [-0.2, -0.15) is 0 Å². The second-order valence-corrected chi connectivity index (χ2v) is 6.86. The van der Waals surface area contributed by atoms with Crippen LogP contribution >= 0.6 is 0 Å². The highest BCUT2D eigenvalue weighted by Gasteiger charge is 2.25. The number of fused-ring (bicyclic) bond motifs is 1. The molecule has 1 atom stereocenters. The molecule has 0 saturated carbocycles. The standard InChI is InChI=1S/C20H24N4O/c25-20(23-18-7-6-15-3-1-4-16(15)11-18)14-24-10-9-22-13-19(24)17-5-2-8-21-12-17/h2,5-8,11-12,19,22H,1,3-4,9-10,13-14H2,(H,23,25). The molecule has 1 fully saturated rings. The number of amides is 1. The van der Waals surface area contributed by atoms with E-state index < -0.39 is 0 Å². The highest BCUT2D eigenvalue weighted by atomic mass is 16.2. The van der Waals surface area contributed by atoms with Gasteiger partial charge in [-0.15, -0.1) is 0 Å². The van der Waals surface area contributed by atoms with E-state index in [1.54, 1.807) is 6.20 Å². The molecule has 1 aromatic heterocycles. The lowest BCUT2D eigenvalue weighted by molar-refractivity contribution is -0.118.